The molecule has 0 radical (unpaired) electrons. The summed E-state index contributed by atoms with van der Waals surface area (Å²) in [5, 5.41) is 6.64. The zero-order valence-corrected chi connectivity index (χ0v) is 12.8. The van der Waals surface area contributed by atoms with Gasteiger partial charge in [-0.2, -0.15) is 5.10 Å². The topological polar surface area (TPSA) is 62.6 Å². The van der Waals surface area contributed by atoms with Gasteiger partial charge in [-0.05, 0) is 6.07 Å². The van der Waals surface area contributed by atoms with Crippen LogP contribution in [0, 0.1) is 0 Å². The molecule has 6 heteroatoms. The van der Waals surface area contributed by atoms with Crippen molar-refractivity contribution in [1.29, 1.82) is 0 Å². The maximum atomic E-state index is 4.53. The van der Waals surface area contributed by atoms with Crippen LogP contribution < -0.4 is 4.90 Å². The van der Waals surface area contributed by atoms with Crippen molar-refractivity contribution in [3.8, 4) is 0 Å². The lowest BCUT2D eigenvalue weighted by Crippen LogP contribution is -2.31. The van der Waals surface area contributed by atoms with Crippen LogP contribution in [0.15, 0.2) is 36.8 Å². The van der Waals surface area contributed by atoms with Gasteiger partial charge >= 0.3 is 0 Å². The Kier molecular flexibility index (Phi) is 2.50. The smallest absolute Gasteiger partial charge is 0.163 e. The van der Waals surface area contributed by atoms with Crippen molar-refractivity contribution in [3.05, 3.63) is 48.0 Å². The van der Waals surface area contributed by atoms with Crippen molar-refractivity contribution in [2.75, 3.05) is 11.4 Å². The second-order valence-corrected chi connectivity index (χ2v) is 6.00. The van der Waals surface area contributed by atoms with E-state index in [1.165, 1.54) is 22.2 Å². The average Bonchev–Trinajstić information content (AvgIpc) is 3.15. The molecule has 0 saturated carbocycles. The highest BCUT2D eigenvalue weighted by molar-refractivity contribution is 5.88. The molecule has 114 valence electrons. The number of benzene rings is 1. The van der Waals surface area contributed by atoms with Gasteiger partial charge in [-0.3, -0.25) is 4.68 Å². The average molecular weight is 304 g/mol. The molecule has 3 aromatic heterocycles. The molecule has 23 heavy (non-hydrogen) atoms. The summed E-state index contributed by atoms with van der Waals surface area (Å²) >= 11 is 0. The van der Waals surface area contributed by atoms with E-state index in [4.69, 9.17) is 0 Å². The third-order valence-electron chi connectivity index (χ3n) is 4.69. The Bertz CT molecular complexity index is 1030. The first kappa shape index (κ1) is 12.6. The van der Waals surface area contributed by atoms with Gasteiger partial charge in [0.1, 0.15) is 12.1 Å². The highest BCUT2D eigenvalue weighted by atomic mass is 15.3. The molecule has 0 amide bonds. The zero-order valence-electron chi connectivity index (χ0n) is 12.8. The summed E-state index contributed by atoms with van der Waals surface area (Å²) in [4.78, 5) is 14.8. The van der Waals surface area contributed by atoms with Gasteiger partial charge in [0.05, 0.1) is 11.6 Å². The molecular weight excluding hydrogens is 288 g/mol. The molecule has 1 aliphatic rings. The van der Waals surface area contributed by atoms with E-state index < -0.39 is 0 Å². The van der Waals surface area contributed by atoms with E-state index in [1.54, 1.807) is 11.0 Å². The van der Waals surface area contributed by atoms with Crippen LogP contribution in [0.5, 0.6) is 0 Å². The number of fused-ring (bicyclic) bond motifs is 4. The van der Waals surface area contributed by atoms with Crippen LogP contribution in [0.3, 0.4) is 0 Å². The number of rotatable bonds is 1. The molecule has 0 atom stereocenters. The first-order valence-corrected chi connectivity index (χ1v) is 7.77. The summed E-state index contributed by atoms with van der Waals surface area (Å²) in [6, 6.07) is 8.50. The van der Waals surface area contributed by atoms with Crippen LogP contribution in [-0.4, -0.2) is 31.3 Å². The second kappa shape index (κ2) is 4.55. The molecule has 0 aliphatic carbocycles. The van der Waals surface area contributed by atoms with Crippen molar-refractivity contribution in [3.63, 3.8) is 0 Å². The number of nitrogens with one attached hydrogen (secondary N) is 1. The minimum Gasteiger partial charge on any atom is -0.358 e. The molecule has 0 spiro atoms. The molecule has 5 rings (SSSR count). The molecule has 4 aromatic rings. The number of nitrogens with zero attached hydrogens (tertiary/aromatic N) is 5. The molecule has 6 nitrogen and oxygen atoms in total. The number of para-hydroxylation sites is 1. The Balaban J connectivity index is 1.63. The third kappa shape index (κ3) is 1.78. The number of anilines is 1. The first-order valence-electron chi connectivity index (χ1n) is 7.77. The lowest BCUT2D eigenvalue weighted by atomic mass is 10.0. The van der Waals surface area contributed by atoms with Crippen molar-refractivity contribution in [2.24, 2.45) is 7.05 Å². The highest BCUT2D eigenvalue weighted by Gasteiger charge is 2.23. The molecule has 1 N–H and O–H groups in total. The van der Waals surface area contributed by atoms with Gasteiger partial charge in [0.15, 0.2) is 5.65 Å². The fourth-order valence-electron chi connectivity index (χ4n) is 3.55. The SMILES string of the molecule is Cn1ncc2c(N3CCc4[nH]c5ccccc5c4C3)ncnc21. The van der Waals surface area contributed by atoms with E-state index >= 15 is 0 Å². The van der Waals surface area contributed by atoms with Crippen LogP contribution in [0.4, 0.5) is 5.82 Å². The van der Waals surface area contributed by atoms with Crippen molar-refractivity contribution < 1.29 is 0 Å². The predicted octanol–water partition coefficient (Wildman–Crippen LogP) is 2.41. The maximum Gasteiger partial charge on any atom is 0.163 e. The fraction of sp³-hybridized carbons (Fsp3) is 0.235. The second-order valence-electron chi connectivity index (χ2n) is 6.00. The van der Waals surface area contributed by atoms with Gasteiger partial charge in [-0.25, -0.2) is 9.97 Å². The number of aromatic nitrogens is 5. The van der Waals surface area contributed by atoms with Crippen molar-refractivity contribution in [1.82, 2.24) is 24.7 Å². The number of hydrogen-bond donors (Lipinski definition) is 1. The van der Waals surface area contributed by atoms with E-state index in [2.05, 4.69) is 49.2 Å². The largest absolute Gasteiger partial charge is 0.358 e. The van der Waals surface area contributed by atoms with E-state index in [1.807, 2.05) is 13.2 Å². The fourth-order valence-corrected chi connectivity index (χ4v) is 3.55. The minimum atomic E-state index is 0.861. The molecule has 0 bridgehead atoms. The Hall–Kier alpha value is -2.89. The van der Waals surface area contributed by atoms with Crippen LogP contribution in [-0.2, 0) is 20.0 Å². The van der Waals surface area contributed by atoms with E-state index in [9.17, 15) is 0 Å². The molecule has 1 aliphatic heterocycles. The van der Waals surface area contributed by atoms with Gasteiger partial charge < -0.3 is 9.88 Å². The Morgan fingerprint density at radius 2 is 2.04 bits per heavy atom. The molecule has 4 heterocycles. The van der Waals surface area contributed by atoms with Gasteiger partial charge in [0, 0.05) is 48.7 Å². The summed E-state index contributed by atoms with van der Waals surface area (Å²) in [6.07, 6.45) is 4.48. The lowest BCUT2D eigenvalue weighted by Gasteiger charge is -2.28. The number of aromatic amines is 1. The first-order chi connectivity index (χ1) is 11.3. The predicted molar refractivity (Wildman–Crippen MR) is 89.4 cm³/mol. The van der Waals surface area contributed by atoms with Gasteiger partial charge in [-0.1, -0.05) is 18.2 Å². The Morgan fingerprint density at radius 3 is 3.00 bits per heavy atom. The molecule has 1 aromatic carbocycles. The van der Waals surface area contributed by atoms with Crippen LogP contribution >= 0.6 is 0 Å². The normalized spacial score (nSPS) is 14.6. The van der Waals surface area contributed by atoms with E-state index in [-0.39, 0.29) is 0 Å². The Morgan fingerprint density at radius 1 is 1.13 bits per heavy atom. The summed E-state index contributed by atoms with van der Waals surface area (Å²) < 4.78 is 1.79. The third-order valence-corrected chi connectivity index (χ3v) is 4.69. The number of hydrogen-bond acceptors (Lipinski definition) is 4. The standard InChI is InChI=1S/C17H16N6/c1-22-16-12(8-20-22)17(19-10-18-16)23-7-6-15-13(9-23)11-4-2-3-5-14(11)21-15/h2-5,8,10,21H,6-7,9H2,1H3. The summed E-state index contributed by atoms with van der Waals surface area (Å²) in [5.74, 6) is 0.971. The number of aryl methyl sites for hydroxylation is 1. The lowest BCUT2D eigenvalue weighted by molar-refractivity contribution is 0.717. The van der Waals surface area contributed by atoms with Crippen LogP contribution in [0.1, 0.15) is 11.3 Å². The van der Waals surface area contributed by atoms with Crippen molar-refractivity contribution in [2.45, 2.75) is 13.0 Å². The summed E-state index contributed by atoms with van der Waals surface area (Å²) in [5.41, 5.74) is 4.81. The molecule has 0 fully saturated rings. The number of H-pyrrole nitrogens is 1. The summed E-state index contributed by atoms with van der Waals surface area (Å²) in [6.45, 7) is 1.81. The minimum absolute atomic E-state index is 0.861. The molecule has 0 unspecified atom stereocenters. The Labute approximate surface area is 132 Å². The van der Waals surface area contributed by atoms with E-state index in [0.29, 0.717) is 0 Å². The monoisotopic (exact) mass is 304 g/mol. The molecular formula is C17H16N6. The molecule has 0 saturated heterocycles. The van der Waals surface area contributed by atoms with Gasteiger partial charge in [-0.15, -0.1) is 0 Å². The van der Waals surface area contributed by atoms with E-state index in [0.717, 1.165) is 36.4 Å². The highest BCUT2D eigenvalue weighted by Crippen LogP contribution is 2.31. The maximum absolute atomic E-state index is 4.53. The quantitative estimate of drug-likeness (QED) is 0.586. The van der Waals surface area contributed by atoms with Gasteiger partial charge in [0.2, 0.25) is 0 Å². The zero-order chi connectivity index (χ0) is 15.4. The van der Waals surface area contributed by atoms with Crippen molar-refractivity contribution >= 4 is 27.8 Å². The van der Waals surface area contributed by atoms with Gasteiger partial charge in [0.25, 0.3) is 0 Å². The van der Waals surface area contributed by atoms with Crippen LogP contribution in [0.25, 0.3) is 21.9 Å². The van der Waals surface area contributed by atoms with Crippen LogP contribution in [0.2, 0.25) is 0 Å². The summed E-state index contributed by atoms with van der Waals surface area (Å²) in [7, 11) is 1.91.